The first-order chi connectivity index (χ1) is 30.5. The molecule has 358 valence electrons. The summed E-state index contributed by atoms with van der Waals surface area (Å²) in [6.45, 7) is 6.31. The second-order valence-electron chi connectivity index (χ2n) is 17.6. The van der Waals surface area contributed by atoms with Crippen LogP contribution in [0.3, 0.4) is 0 Å². The number of ether oxygens (including phenoxy) is 1. The Kier molecular flexibility index (Phi) is 47.2. The quantitative estimate of drug-likeness (QED) is 0.0245. The van der Waals surface area contributed by atoms with Crippen molar-refractivity contribution in [3.8, 4) is 0 Å². The molecule has 0 heterocycles. The van der Waals surface area contributed by atoms with E-state index in [9.17, 15) is 19.8 Å². The summed E-state index contributed by atoms with van der Waals surface area (Å²) in [7, 11) is 0. The minimum Gasteiger partial charge on any atom is -0.462 e. The normalized spacial score (nSPS) is 13.8. The molecule has 0 radical (unpaired) electrons. The van der Waals surface area contributed by atoms with Crippen molar-refractivity contribution in [2.24, 2.45) is 0 Å². The third kappa shape index (κ3) is 43.9. The molecule has 3 N–H and O–H groups in total. The molecule has 0 bridgehead atoms. The first kappa shape index (κ1) is 59.3. The maximum absolute atomic E-state index is 13.2. The number of aliphatic hydroxyl groups excluding tert-OH is 2. The predicted molar refractivity (Wildman–Crippen MR) is 268 cm³/mol. The molecule has 0 aliphatic rings. The number of unbranched alkanes of at least 4 members (excludes halogenated alkanes) is 25. The highest BCUT2D eigenvalue weighted by Crippen LogP contribution is 2.18. The van der Waals surface area contributed by atoms with E-state index in [1.54, 1.807) is 0 Å². The van der Waals surface area contributed by atoms with E-state index < -0.39 is 18.2 Å². The Morgan fingerprint density at radius 2 is 0.935 bits per heavy atom. The largest absolute Gasteiger partial charge is 0.462 e. The lowest BCUT2D eigenvalue weighted by Crippen LogP contribution is -2.46. The zero-order valence-electron chi connectivity index (χ0n) is 40.7. The summed E-state index contributed by atoms with van der Waals surface area (Å²) in [5, 5.41) is 23.8. The lowest BCUT2D eigenvalue weighted by atomic mass is 10.0. The van der Waals surface area contributed by atoms with E-state index in [2.05, 4.69) is 74.7 Å². The maximum atomic E-state index is 13.2. The number of rotatable bonds is 46. The van der Waals surface area contributed by atoms with Gasteiger partial charge in [-0.3, -0.25) is 9.59 Å². The Morgan fingerprint density at radius 3 is 1.48 bits per heavy atom. The number of nitrogens with one attached hydrogen (secondary N) is 1. The van der Waals surface area contributed by atoms with Gasteiger partial charge in [-0.25, -0.2) is 0 Å². The zero-order chi connectivity index (χ0) is 45.2. The standard InChI is InChI=1S/C56H99NO5/c1-4-7-10-13-16-19-22-25-27-30-32-35-38-41-44-47-52(62-56(61)49-46-43-40-37-34-29-24-21-18-15-12-9-6-3)50-55(60)57-53(51-58)54(59)48-45-42-39-36-33-31-28-26-23-20-17-14-11-8-5-2/h9,12,15-16,18-19,21,24-25,27,29,34,52-54,58-59H,4-8,10-11,13-14,17,20,22-23,26,28,30-33,35-51H2,1-3H3,(H,57,60)/b12-9+,18-15+,19-16-,24-21-,27-25-,34-29-. The molecule has 0 aromatic heterocycles. The van der Waals surface area contributed by atoms with E-state index in [1.807, 2.05) is 24.3 Å². The van der Waals surface area contributed by atoms with Gasteiger partial charge in [0.25, 0.3) is 0 Å². The molecular weight excluding hydrogens is 767 g/mol. The Bertz CT molecular complexity index is 1150. The van der Waals surface area contributed by atoms with Gasteiger partial charge in [-0.15, -0.1) is 0 Å². The van der Waals surface area contributed by atoms with Gasteiger partial charge in [0.05, 0.1) is 25.2 Å². The number of allylic oxidation sites excluding steroid dienone is 12. The summed E-state index contributed by atoms with van der Waals surface area (Å²) < 4.78 is 5.91. The van der Waals surface area contributed by atoms with Crippen molar-refractivity contribution in [2.45, 2.75) is 264 Å². The highest BCUT2D eigenvalue weighted by Gasteiger charge is 2.24. The van der Waals surface area contributed by atoms with Crippen LogP contribution in [0.1, 0.15) is 245 Å². The summed E-state index contributed by atoms with van der Waals surface area (Å²) in [5.41, 5.74) is 0. The van der Waals surface area contributed by atoms with Crippen LogP contribution >= 0.6 is 0 Å². The Morgan fingerprint density at radius 1 is 0.500 bits per heavy atom. The fraction of sp³-hybridized carbons (Fsp3) is 0.750. The van der Waals surface area contributed by atoms with E-state index in [0.717, 1.165) is 89.9 Å². The van der Waals surface area contributed by atoms with Gasteiger partial charge in [-0.05, 0) is 77.0 Å². The number of hydrogen-bond acceptors (Lipinski definition) is 5. The average molecular weight is 866 g/mol. The van der Waals surface area contributed by atoms with Crippen LogP contribution in [-0.2, 0) is 14.3 Å². The topological polar surface area (TPSA) is 95.9 Å². The molecular formula is C56H99NO5. The fourth-order valence-corrected chi connectivity index (χ4v) is 7.65. The third-order valence-corrected chi connectivity index (χ3v) is 11.6. The van der Waals surface area contributed by atoms with E-state index in [4.69, 9.17) is 4.74 Å². The van der Waals surface area contributed by atoms with Crippen LogP contribution in [0.25, 0.3) is 0 Å². The second kappa shape index (κ2) is 49.3. The van der Waals surface area contributed by atoms with Crippen molar-refractivity contribution < 1.29 is 24.5 Å². The molecule has 0 aliphatic heterocycles. The molecule has 0 spiro atoms. The first-order valence-corrected chi connectivity index (χ1v) is 26.2. The monoisotopic (exact) mass is 866 g/mol. The van der Waals surface area contributed by atoms with Gasteiger partial charge in [0.2, 0.25) is 5.91 Å². The highest BCUT2D eigenvalue weighted by atomic mass is 16.5. The van der Waals surface area contributed by atoms with Crippen molar-refractivity contribution in [3.05, 3.63) is 72.9 Å². The molecule has 0 rings (SSSR count). The summed E-state index contributed by atoms with van der Waals surface area (Å²) >= 11 is 0. The predicted octanol–water partition coefficient (Wildman–Crippen LogP) is 15.8. The molecule has 0 aliphatic carbocycles. The van der Waals surface area contributed by atoms with Crippen LogP contribution in [0.4, 0.5) is 0 Å². The van der Waals surface area contributed by atoms with Gasteiger partial charge in [-0.2, -0.15) is 0 Å². The van der Waals surface area contributed by atoms with E-state index in [1.165, 1.54) is 109 Å². The van der Waals surface area contributed by atoms with Gasteiger partial charge in [0.1, 0.15) is 6.10 Å². The number of aliphatic hydroxyl groups is 2. The van der Waals surface area contributed by atoms with Crippen molar-refractivity contribution in [3.63, 3.8) is 0 Å². The van der Waals surface area contributed by atoms with Crippen LogP contribution in [0.2, 0.25) is 0 Å². The Balaban J connectivity index is 4.65. The van der Waals surface area contributed by atoms with Gasteiger partial charge in [0.15, 0.2) is 0 Å². The highest BCUT2D eigenvalue weighted by molar-refractivity contribution is 5.77. The molecule has 0 fully saturated rings. The van der Waals surface area contributed by atoms with Gasteiger partial charge in [0, 0.05) is 6.42 Å². The molecule has 6 heteroatoms. The third-order valence-electron chi connectivity index (χ3n) is 11.6. The van der Waals surface area contributed by atoms with E-state index in [-0.39, 0.29) is 24.9 Å². The molecule has 0 aromatic rings. The smallest absolute Gasteiger partial charge is 0.306 e. The second-order valence-corrected chi connectivity index (χ2v) is 17.6. The Labute approximate surface area is 383 Å². The van der Waals surface area contributed by atoms with Gasteiger partial charge >= 0.3 is 5.97 Å². The summed E-state index contributed by atoms with van der Waals surface area (Å²) in [5.74, 6) is -0.534. The van der Waals surface area contributed by atoms with Crippen molar-refractivity contribution >= 4 is 11.9 Å². The lowest BCUT2D eigenvalue weighted by molar-refractivity contribution is -0.151. The van der Waals surface area contributed by atoms with Gasteiger partial charge < -0.3 is 20.3 Å². The van der Waals surface area contributed by atoms with E-state index >= 15 is 0 Å². The number of amides is 1. The maximum Gasteiger partial charge on any atom is 0.306 e. The summed E-state index contributed by atoms with van der Waals surface area (Å²) in [4.78, 5) is 26.1. The summed E-state index contributed by atoms with van der Waals surface area (Å²) in [6, 6.07) is -0.717. The molecule has 3 atom stereocenters. The van der Waals surface area contributed by atoms with E-state index in [0.29, 0.717) is 19.3 Å². The molecule has 0 saturated carbocycles. The SMILES string of the molecule is CC/C=C/C=C/C=C\C=C/CCCCCC(=O)OC(CCCCCCC/C=C\C/C=C\CCCCC)CC(=O)NC(CO)C(O)CCCCCCCCCCCCCCCCC. The molecule has 3 unspecified atom stereocenters. The van der Waals surface area contributed by atoms with Crippen molar-refractivity contribution in [1.29, 1.82) is 0 Å². The molecule has 1 amide bonds. The van der Waals surface area contributed by atoms with Crippen LogP contribution in [0, 0.1) is 0 Å². The zero-order valence-corrected chi connectivity index (χ0v) is 40.7. The first-order valence-electron chi connectivity index (χ1n) is 26.2. The van der Waals surface area contributed by atoms with Crippen LogP contribution in [0.15, 0.2) is 72.9 Å². The summed E-state index contributed by atoms with van der Waals surface area (Å²) in [6.07, 6.45) is 62.4. The van der Waals surface area contributed by atoms with Crippen LogP contribution in [-0.4, -0.2) is 46.9 Å². The minimum atomic E-state index is -0.801. The average Bonchev–Trinajstić information content (AvgIpc) is 3.26. The molecule has 0 aromatic carbocycles. The number of carbonyl (C=O) groups is 2. The van der Waals surface area contributed by atoms with Gasteiger partial charge in [-0.1, -0.05) is 229 Å². The van der Waals surface area contributed by atoms with Crippen molar-refractivity contribution in [2.75, 3.05) is 6.61 Å². The lowest BCUT2D eigenvalue weighted by Gasteiger charge is -2.24. The number of carbonyl (C=O) groups excluding carboxylic acids is 2. The van der Waals surface area contributed by atoms with Crippen LogP contribution < -0.4 is 5.32 Å². The number of hydrogen-bond donors (Lipinski definition) is 3. The Hall–Kier alpha value is -2.70. The fourth-order valence-electron chi connectivity index (χ4n) is 7.65. The molecule has 0 saturated heterocycles. The molecule has 6 nitrogen and oxygen atoms in total. The minimum absolute atomic E-state index is 0.0498. The number of esters is 1. The molecule has 62 heavy (non-hydrogen) atoms. The van der Waals surface area contributed by atoms with Crippen molar-refractivity contribution in [1.82, 2.24) is 5.32 Å². The van der Waals surface area contributed by atoms with Crippen LogP contribution in [0.5, 0.6) is 0 Å².